The number of halogens is 2. The summed E-state index contributed by atoms with van der Waals surface area (Å²) in [7, 11) is 1.93. The summed E-state index contributed by atoms with van der Waals surface area (Å²) in [5.41, 5.74) is 6.85. The molecular weight excluding hydrogens is 259 g/mol. The molecule has 90 valence electrons. The third-order valence-corrected chi connectivity index (χ3v) is 3.00. The molecule has 0 aliphatic rings. The van der Waals surface area contributed by atoms with Crippen LogP contribution in [0.3, 0.4) is 0 Å². The van der Waals surface area contributed by atoms with E-state index in [0.717, 1.165) is 5.82 Å². The quantitative estimate of drug-likeness (QED) is 0.844. The molecule has 0 bridgehead atoms. The number of benzene rings is 1. The van der Waals surface area contributed by atoms with Crippen molar-refractivity contribution in [1.29, 1.82) is 0 Å². The zero-order valence-corrected chi connectivity index (χ0v) is 10.8. The van der Waals surface area contributed by atoms with Gasteiger partial charge in [-0.15, -0.1) is 0 Å². The van der Waals surface area contributed by atoms with Crippen molar-refractivity contribution in [2.24, 2.45) is 7.05 Å². The van der Waals surface area contributed by atoms with Crippen LogP contribution in [0.2, 0.25) is 10.0 Å². The van der Waals surface area contributed by atoms with Gasteiger partial charge in [0.25, 0.3) is 0 Å². The predicted octanol–water partition coefficient (Wildman–Crippen LogP) is 2.92. The second-order valence-electron chi connectivity index (χ2n) is 3.67. The summed E-state index contributed by atoms with van der Waals surface area (Å²) >= 11 is 12.1. The zero-order chi connectivity index (χ0) is 12.4. The van der Waals surface area contributed by atoms with Crippen LogP contribution in [-0.4, -0.2) is 9.55 Å². The monoisotopic (exact) mass is 270 g/mol. The SMILES string of the molecule is Cn1ccnc1CNc1c(Cl)cc(N)cc1Cl. The van der Waals surface area contributed by atoms with Gasteiger partial charge in [0.15, 0.2) is 0 Å². The number of imidazole rings is 1. The number of anilines is 2. The van der Waals surface area contributed by atoms with Crippen LogP contribution in [0, 0.1) is 0 Å². The van der Waals surface area contributed by atoms with E-state index in [2.05, 4.69) is 10.3 Å². The number of nitrogens with zero attached hydrogens (tertiary/aromatic N) is 2. The molecule has 0 amide bonds. The average Bonchev–Trinajstić information content (AvgIpc) is 2.62. The fraction of sp³-hybridized carbons (Fsp3) is 0.182. The topological polar surface area (TPSA) is 55.9 Å². The van der Waals surface area contributed by atoms with E-state index in [9.17, 15) is 0 Å². The highest BCUT2D eigenvalue weighted by molar-refractivity contribution is 6.39. The molecule has 0 saturated heterocycles. The molecule has 6 heteroatoms. The molecule has 3 N–H and O–H groups in total. The first-order valence-electron chi connectivity index (χ1n) is 5.02. The summed E-state index contributed by atoms with van der Waals surface area (Å²) in [4.78, 5) is 4.20. The van der Waals surface area contributed by atoms with Gasteiger partial charge in [-0.2, -0.15) is 0 Å². The van der Waals surface area contributed by atoms with Gasteiger partial charge in [-0.05, 0) is 12.1 Å². The summed E-state index contributed by atoms with van der Waals surface area (Å²) in [6, 6.07) is 3.32. The first kappa shape index (κ1) is 12.1. The van der Waals surface area contributed by atoms with Crippen molar-refractivity contribution < 1.29 is 0 Å². The Morgan fingerprint density at radius 1 is 1.35 bits per heavy atom. The van der Waals surface area contributed by atoms with E-state index in [1.54, 1.807) is 18.3 Å². The van der Waals surface area contributed by atoms with Crippen LogP contribution in [0.4, 0.5) is 11.4 Å². The molecule has 0 atom stereocenters. The Hall–Kier alpha value is -1.39. The van der Waals surface area contributed by atoms with E-state index in [4.69, 9.17) is 28.9 Å². The van der Waals surface area contributed by atoms with Crippen molar-refractivity contribution >= 4 is 34.6 Å². The molecule has 2 rings (SSSR count). The molecule has 0 saturated carbocycles. The molecule has 0 spiro atoms. The number of hydrogen-bond donors (Lipinski definition) is 2. The third kappa shape index (κ3) is 2.65. The van der Waals surface area contributed by atoms with Crippen LogP contribution in [0.15, 0.2) is 24.5 Å². The number of aromatic nitrogens is 2. The Balaban J connectivity index is 2.17. The second-order valence-corrected chi connectivity index (χ2v) is 4.48. The van der Waals surface area contributed by atoms with Crippen molar-refractivity contribution in [3.63, 3.8) is 0 Å². The van der Waals surface area contributed by atoms with Crippen LogP contribution in [0.25, 0.3) is 0 Å². The summed E-state index contributed by atoms with van der Waals surface area (Å²) in [6.07, 6.45) is 3.62. The lowest BCUT2D eigenvalue weighted by Crippen LogP contribution is -2.06. The second kappa shape index (κ2) is 4.85. The van der Waals surface area contributed by atoms with Crippen LogP contribution in [-0.2, 0) is 13.6 Å². The van der Waals surface area contributed by atoms with Gasteiger partial charge in [-0.3, -0.25) is 0 Å². The van der Waals surface area contributed by atoms with E-state index in [-0.39, 0.29) is 0 Å². The molecule has 2 aromatic rings. The van der Waals surface area contributed by atoms with E-state index < -0.39 is 0 Å². The van der Waals surface area contributed by atoms with Gasteiger partial charge >= 0.3 is 0 Å². The normalized spacial score (nSPS) is 10.5. The molecule has 0 radical (unpaired) electrons. The molecular formula is C11H12Cl2N4. The molecule has 0 unspecified atom stereocenters. The van der Waals surface area contributed by atoms with E-state index in [1.165, 1.54) is 0 Å². The van der Waals surface area contributed by atoms with Crippen molar-refractivity contribution in [3.05, 3.63) is 40.4 Å². The van der Waals surface area contributed by atoms with Gasteiger partial charge in [-0.25, -0.2) is 4.98 Å². The first-order valence-corrected chi connectivity index (χ1v) is 5.78. The van der Waals surface area contributed by atoms with Crippen molar-refractivity contribution in [1.82, 2.24) is 9.55 Å². The summed E-state index contributed by atoms with van der Waals surface area (Å²) in [5.74, 6) is 0.897. The van der Waals surface area contributed by atoms with E-state index >= 15 is 0 Å². The molecule has 0 fully saturated rings. The van der Waals surface area contributed by atoms with Gasteiger partial charge in [0.05, 0.1) is 22.3 Å². The fourth-order valence-electron chi connectivity index (χ4n) is 1.50. The Morgan fingerprint density at radius 3 is 2.53 bits per heavy atom. The fourth-order valence-corrected chi connectivity index (χ4v) is 2.13. The molecule has 0 aliphatic carbocycles. The number of nitrogens with two attached hydrogens (primary N) is 1. The minimum Gasteiger partial charge on any atom is -0.399 e. The first-order chi connectivity index (χ1) is 8.08. The van der Waals surface area contributed by atoms with E-state index in [0.29, 0.717) is 28.0 Å². The van der Waals surface area contributed by atoms with Crippen molar-refractivity contribution in [2.75, 3.05) is 11.1 Å². The molecule has 1 aromatic heterocycles. The van der Waals surface area contributed by atoms with E-state index in [1.807, 2.05) is 17.8 Å². The van der Waals surface area contributed by atoms with Crippen molar-refractivity contribution in [3.8, 4) is 0 Å². The summed E-state index contributed by atoms with van der Waals surface area (Å²) in [6.45, 7) is 0.548. The Labute approximate surface area is 109 Å². The lowest BCUT2D eigenvalue weighted by molar-refractivity contribution is 0.813. The number of hydrogen-bond acceptors (Lipinski definition) is 3. The lowest BCUT2D eigenvalue weighted by Gasteiger charge is -2.11. The Morgan fingerprint density at radius 2 is 2.00 bits per heavy atom. The number of rotatable bonds is 3. The van der Waals surface area contributed by atoms with Crippen LogP contribution >= 0.6 is 23.2 Å². The highest BCUT2D eigenvalue weighted by Crippen LogP contribution is 2.32. The minimum absolute atomic E-state index is 0.504. The smallest absolute Gasteiger partial charge is 0.127 e. The summed E-state index contributed by atoms with van der Waals surface area (Å²) < 4.78 is 1.92. The molecule has 1 aromatic carbocycles. The highest BCUT2D eigenvalue weighted by atomic mass is 35.5. The number of nitrogens with one attached hydrogen (secondary N) is 1. The highest BCUT2D eigenvalue weighted by Gasteiger charge is 2.08. The Bertz CT molecular complexity index is 513. The summed E-state index contributed by atoms with van der Waals surface area (Å²) in [5, 5.41) is 4.16. The molecule has 17 heavy (non-hydrogen) atoms. The average molecular weight is 271 g/mol. The van der Waals surface area contributed by atoms with Crippen LogP contribution < -0.4 is 11.1 Å². The maximum absolute atomic E-state index is 6.06. The number of nitrogen functional groups attached to an aromatic ring is 1. The maximum atomic E-state index is 6.06. The third-order valence-electron chi connectivity index (χ3n) is 2.41. The zero-order valence-electron chi connectivity index (χ0n) is 9.24. The van der Waals surface area contributed by atoms with Gasteiger partial charge in [0, 0.05) is 25.1 Å². The van der Waals surface area contributed by atoms with Gasteiger partial charge in [0.1, 0.15) is 5.82 Å². The molecule has 4 nitrogen and oxygen atoms in total. The van der Waals surface area contributed by atoms with Crippen molar-refractivity contribution in [2.45, 2.75) is 6.54 Å². The largest absolute Gasteiger partial charge is 0.399 e. The molecule has 1 heterocycles. The van der Waals surface area contributed by atoms with Gasteiger partial charge < -0.3 is 15.6 Å². The minimum atomic E-state index is 0.504. The number of aryl methyl sites for hydroxylation is 1. The van der Waals surface area contributed by atoms with Gasteiger partial charge in [0.2, 0.25) is 0 Å². The standard InChI is InChI=1S/C11H12Cl2N4/c1-17-3-2-15-10(17)6-16-11-8(12)4-7(14)5-9(11)13/h2-5,16H,6,14H2,1H3. The lowest BCUT2D eigenvalue weighted by atomic mass is 10.3. The maximum Gasteiger partial charge on any atom is 0.127 e. The van der Waals surface area contributed by atoms with Gasteiger partial charge in [-0.1, -0.05) is 23.2 Å². The van der Waals surface area contributed by atoms with Crippen LogP contribution in [0.1, 0.15) is 5.82 Å². The Kier molecular flexibility index (Phi) is 3.45. The molecule has 0 aliphatic heterocycles. The van der Waals surface area contributed by atoms with Crippen LogP contribution in [0.5, 0.6) is 0 Å². The predicted molar refractivity (Wildman–Crippen MR) is 71.4 cm³/mol.